The summed E-state index contributed by atoms with van der Waals surface area (Å²) in [4.78, 5) is 14.0. The van der Waals surface area contributed by atoms with E-state index < -0.39 is 10.0 Å². The molecule has 0 unspecified atom stereocenters. The lowest BCUT2D eigenvalue weighted by Crippen LogP contribution is -2.31. The first-order chi connectivity index (χ1) is 14.8. The maximum atomic E-state index is 12.8. The molecule has 1 aromatic carbocycles. The molecule has 3 rings (SSSR count). The molecule has 1 amide bonds. The van der Waals surface area contributed by atoms with Crippen LogP contribution in [0.1, 0.15) is 39.7 Å². The highest BCUT2D eigenvalue weighted by Crippen LogP contribution is 2.39. The third kappa shape index (κ3) is 4.79. The van der Waals surface area contributed by atoms with Crippen LogP contribution in [0.4, 0.5) is 5.00 Å². The number of nitriles is 1. The van der Waals surface area contributed by atoms with E-state index in [-0.39, 0.29) is 23.9 Å². The highest BCUT2D eigenvalue weighted by atomic mass is 32.2. The van der Waals surface area contributed by atoms with Crippen molar-refractivity contribution in [3.8, 4) is 6.07 Å². The molecule has 1 aromatic heterocycles. The van der Waals surface area contributed by atoms with Gasteiger partial charge in [0.1, 0.15) is 11.1 Å². The lowest BCUT2D eigenvalue weighted by Gasteiger charge is -2.19. The van der Waals surface area contributed by atoms with E-state index in [9.17, 15) is 18.5 Å². The number of hydrogen-bond acceptors (Lipinski definition) is 5. The molecule has 0 saturated carbocycles. The number of amides is 1. The number of benzene rings is 1. The topological polar surface area (TPSA) is 90.3 Å². The van der Waals surface area contributed by atoms with Crippen molar-refractivity contribution in [2.75, 3.05) is 18.4 Å². The van der Waals surface area contributed by atoms with E-state index in [0.717, 1.165) is 29.7 Å². The van der Waals surface area contributed by atoms with Crippen LogP contribution in [-0.4, -0.2) is 31.7 Å². The van der Waals surface area contributed by atoms with Crippen LogP contribution in [0, 0.1) is 17.2 Å². The van der Waals surface area contributed by atoms with E-state index >= 15 is 0 Å². The zero-order chi connectivity index (χ0) is 22.6. The summed E-state index contributed by atoms with van der Waals surface area (Å²) in [5.41, 5.74) is 1.91. The van der Waals surface area contributed by atoms with Crippen molar-refractivity contribution in [2.45, 2.75) is 31.1 Å². The third-order valence-electron chi connectivity index (χ3n) is 5.27. The van der Waals surface area contributed by atoms with Gasteiger partial charge in [-0.05, 0) is 55.0 Å². The summed E-state index contributed by atoms with van der Waals surface area (Å²) in [6.45, 7) is 9.70. The van der Waals surface area contributed by atoms with Gasteiger partial charge in [0.05, 0.1) is 10.5 Å². The maximum Gasteiger partial charge on any atom is 0.256 e. The number of hydrogen-bond donors (Lipinski definition) is 1. The number of carbonyl (C=O) groups excluding carboxylic acids is 1. The van der Waals surface area contributed by atoms with Gasteiger partial charge in [-0.25, -0.2) is 8.42 Å². The van der Waals surface area contributed by atoms with Gasteiger partial charge in [0.2, 0.25) is 10.0 Å². The van der Waals surface area contributed by atoms with E-state index in [2.05, 4.69) is 31.5 Å². The van der Waals surface area contributed by atoms with Gasteiger partial charge in [-0.15, -0.1) is 24.5 Å². The molecule has 1 aliphatic rings. The fourth-order valence-corrected chi connectivity index (χ4v) is 6.36. The van der Waals surface area contributed by atoms with Gasteiger partial charge in [0.15, 0.2) is 0 Å². The monoisotopic (exact) mass is 455 g/mol. The Labute approximate surface area is 187 Å². The Balaban J connectivity index is 1.81. The summed E-state index contributed by atoms with van der Waals surface area (Å²) >= 11 is 1.46. The quantitative estimate of drug-likeness (QED) is 0.599. The predicted octanol–water partition coefficient (Wildman–Crippen LogP) is 4.36. The molecule has 2 aromatic rings. The number of thiophene rings is 1. The van der Waals surface area contributed by atoms with E-state index in [1.54, 1.807) is 0 Å². The number of fused-ring (bicyclic) bond motifs is 1. The van der Waals surface area contributed by atoms with Gasteiger partial charge in [0, 0.05) is 23.5 Å². The molecule has 0 radical (unpaired) electrons. The van der Waals surface area contributed by atoms with Crippen molar-refractivity contribution >= 4 is 32.3 Å². The second-order valence-corrected chi connectivity index (χ2v) is 10.6. The van der Waals surface area contributed by atoms with E-state index in [1.807, 2.05) is 0 Å². The van der Waals surface area contributed by atoms with Crippen LogP contribution in [0.5, 0.6) is 0 Å². The summed E-state index contributed by atoms with van der Waals surface area (Å²) in [6.07, 6.45) is 5.83. The number of anilines is 1. The Morgan fingerprint density at radius 2 is 1.94 bits per heavy atom. The highest BCUT2D eigenvalue weighted by Gasteiger charge is 2.26. The second-order valence-electron chi connectivity index (χ2n) is 7.55. The number of carbonyl (C=O) groups is 1. The largest absolute Gasteiger partial charge is 0.312 e. The molecule has 6 nitrogen and oxygen atoms in total. The Kier molecular flexibility index (Phi) is 7.11. The minimum absolute atomic E-state index is 0.0889. The molecule has 0 spiro atoms. The number of nitrogens with zero attached hydrogens (tertiary/aromatic N) is 2. The molecule has 0 saturated heterocycles. The van der Waals surface area contributed by atoms with Crippen LogP contribution >= 0.6 is 11.3 Å². The Morgan fingerprint density at radius 3 is 2.52 bits per heavy atom. The molecule has 162 valence electrons. The van der Waals surface area contributed by atoms with Gasteiger partial charge >= 0.3 is 0 Å². The first-order valence-corrected chi connectivity index (χ1v) is 12.3. The number of nitrogens with one attached hydrogen (secondary N) is 1. The van der Waals surface area contributed by atoms with Crippen molar-refractivity contribution in [1.29, 1.82) is 5.26 Å². The SMILES string of the molecule is C=CCN(CC=C)S(=O)(=O)c1ccc(C(=O)Nc2sc3c(c2C#N)CC[C@@H](C)C3)cc1. The van der Waals surface area contributed by atoms with E-state index in [0.29, 0.717) is 22.0 Å². The van der Waals surface area contributed by atoms with Gasteiger partial charge in [-0.1, -0.05) is 19.1 Å². The summed E-state index contributed by atoms with van der Waals surface area (Å²) in [5, 5.41) is 13.0. The van der Waals surface area contributed by atoms with Crippen molar-refractivity contribution in [2.24, 2.45) is 5.92 Å². The molecular formula is C23H25N3O3S2. The lowest BCUT2D eigenvalue weighted by molar-refractivity contribution is 0.102. The molecular weight excluding hydrogens is 430 g/mol. The molecule has 1 heterocycles. The van der Waals surface area contributed by atoms with Crippen LogP contribution < -0.4 is 5.32 Å². The number of sulfonamides is 1. The van der Waals surface area contributed by atoms with Gasteiger partial charge < -0.3 is 5.32 Å². The van der Waals surface area contributed by atoms with Gasteiger partial charge in [-0.3, -0.25) is 4.79 Å². The van der Waals surface area contributed by atoms with E-state index in [4.69, 9.17) is 0 Å². The normalized spacial score (nSPS) is 15.7. The molecule has 0 aliphatic heterocycles. The van der Waals surface area contributed by atoms with Crippen LogP contribution in [0.2, 0.25) is 0 Å². The highest BCUT2D eigenvalue weighted by molar-refractivity contribution is 7.89. The average Bonchev–Trinajstić information content (AvgIpc) is 3.09. The van der Waals surface area contributed by atoms with Crippen LogP contribution in [0.25, 0.3) is 0 Å². The van der Waals surface area contributed by atoms with Crippen molar-refractivity contribution in [3.05, 3.63) is 71.1 Å². The lowest BCUT2D eigenvalue weighted by atomic mass is 9.88. The Morgan fingerprint density at radius 1 is 1.29 bits per heavy atom. The predicted molar refractivity (Wildman–Crippen MR) is 124 cm³/mol. The van der Waals surface area contributed by atoms with Gasteiger partial charge in [0.25, 0.3) is 5.91 Å². The minimum atomic E-state index is -3.73. The van der Waals surface area contributed by atoms with Crippen LogP contribution in [0.15, 0.2) is 54.5 Å². The molecule has 1 aliphatic carbocycles. The summed E-state index contributed by atoms with van der Waals surface area (Å²) in [6, 6.07) is 8.01. The third-order valence-corrected chi connectivity index (χ3v) is 8.29. The smallest absolute Gasteiger partial charge is 0.256 e. The zero-order valence-electron chi connectivity index (χ0n) is 17.4. The Hall–Kier alpha value is -2.73. The van der Waals surface area contributed by atoms with Crippen molar-refractivity contribution in [1.82, 2.24) is 4.31 Å². The molecule has 0 fully saturated rings. The first kappa shape index (κ1) is 22.9. The van der Waals surface area contributed by atoms with Crippen LogP contribution in [-0.2, 0) is 22.9 Å². The summed E-state index contributed by atoms with van der Waals surface area (Å²) in [5.74, 6) is 0.193. The molecule has 8 heteroatoms. The summed E-state index contributed by atoms with van der Waals surface area (Å²) < 4.78 is 26.9. The maximum absolute atomic E-state index is 12.8. The molecule has 0 bridgehead atoms. The molecule has 31 heavy (non-hydrogen) atoms. The van der Waals surface area contributed by atoms with Crippen molar-refractivity contribution < 1.29 is 13.2 Å². The standard InChI is InChI=1S/C23H25N3O3S2/c1-4-12-26(13-5-2)31(28,29)18-9-7-17(8-10-18)22(27)25-23-20(15-24)19-11-6-16(3)14-21(19)30-23/h4-5,7-10,16H,1-2,6,11-14H2,3H3,(H,25,27)/t16-/m1/s1. The van der Waals surface area contributed by atoms with E-state index in [1.165, 1.54) is 52.1 Å². The van der Waals surface area contributed by atoms with Crippen molar-refractivity contribution in [3.63, 3.8) is 0 Å². The van der Waals surface area contributed by atoms with Gasteiger partial charge in [-0.2, -0.15) is 9.57 Å². The average molecular weight is 456 g/mol. The summed E-state index contributed by atoms with van der Waals surface area (Å²) in [7, 11) is -3.73. The van der Waals surface area contributed by atoms with Crippen LogP contribution in [0.3, 0.4) is 0 Å². The molecule has 1 atom stereocenters. The Bertz CT molecular complexity index is 1130. The second kappa shape index (κ2) is 9.60. The minimum Gasteiger partial charge on any atom is -0.312 e. The first-order valence-electron chi connectivity index (χ1n) is 9.99. The fourth-order valence-electron chi connectivity index (χ4n) is 3.62. The fraction of sp³-hybridized carbons (Fsp3) is 0.304. The molecule has 1 N–H and O–H groups in total. The zero-order valence-corrected chi connectivity index (χ0v) is 19.1. The number of rotatable bonds is 8.